The van der Waals surface area contributed by atoms with Crippen molar-refractivity contribution in [2.24, 2.45) is 0 Å². The lowest BCUT2D eigenvalue weighted by Crippen LogP contribution is -2.47. The average Bonchev–Trinajstić information content (AvgIpc) is 3.36. The lowest BCUT2D eigenvalue weighted by atomic mass is 10.00. The zero-order valence-corrected chi connectivity index (χ0v) is 17.1. The molecule has 6 rings (SSSR count). The fourth-order valence-electron chi connectivity index (χ4n) is 5.38. The molecule has 1 aliphatic carbocycles. The number of aryl methyl sites for hydroxylation is 1. The summed E-state index contributed by atoms with van der Waals surface area (Å²) >= 11 is 0. The second-order valence-electron chi connectivity index (χ2n) is 8.81. The van der Waals surface area contributed by atoms with Gasteiger partial charge in [0.25, 0.3) is 0 Å². The number of aliphatic hydroxyl groups excluding tert-OH is 1. The van der Waals surface area contributed by atoms with E-state index in [0.717, 1.165) is 80.2 Å². The Balaban J connectivity index is 1.10. The van der Waals surface area contributed by atoms with Gasteiger partial charge < -0.3 is 29.5 Å². The molecule has 0 spiro atoms. The first-order valence-electron chi connectivity index (χ1n) is 11.1. The maximum atomic E-state index is 10.9. The Bertz CT molecular complexity index is 954. The minimum Gasteiger partial charge on any atom is -0.491 e. The van der Waals surface area contributed by atoms with Crippen LogP contribution in [-0.4, -0.2) is 43.7 Å². The molecule has 0 radical (unpaired) electrons. The molecular weight excluding hydrogens is 380 g/mol. The third kappa shape index (κ3) is 3.10. The van der Waals surface area contributed by atoms with Crippen LogP contribution in [0.2, 0.25) is 0 Å². The lowest BCUT2D eigenvalue weighted by molar-refractivity contribution is 0.131. The molecule has 0 amide bonds. The highest BCUT2D eigenvalue weighted by Gasteiger charge is 2.35. The highest BCUT2D eigenvalue weighted by molar-refractivity contribution is 5.63. The largest absolute Gasteiger partial charge is 0.491 e. The predicted octanol–water partition coefficient (Wildman–Crippen LogP) is 2.96. The van der Waals surface area contributed by atoms with Gasteiger partial charge in [-0.1, -0.05) is 12.1 Å². The fourth-order valence-corrected chi connectivity index (χ4v) is 5.38. The molecule has 0 unspecified atom stereocenters. The summed E-state index contributed by atoms with van der Waals surface area (Å²) in [4.78, 5) is 2.46. The van der Waals surface area contributed by atoms with Crippen molar-refractivity contribution in [3.05, 3.63) is 47.0 Å². The van der Waals surface area contributed by atoms with Crippen molar-refractivity contribution in [3.63, 3.8) is 0 Å². The molecule has 0 bridgehead atoms. The van der Waals surface area contributed by atoms with Gasteiger partial charge in [0.15, 0.2) is 11.5 Å². The topological polar surface area (TPSA) is 63.2 Å². The predicted molar refractivity (Wildman–Crippen MR) is 114 cm³/mol. The molecule has 158 valence electrons. The molecule has 3 heterocycles. The van der Waals surface area contributed by atoms with Gasteiger partial charge in [0.1, 0.15) is 5.75 Å². The molecule has 30 heavy (non-hydrogen) atoms. The first kappa shape index (κ1) is 18.3. The summed E-state index contributed by atoms with van der Waals surface area (Å²) in [6.45, 7) is 3.10. The van der Waals surface area contributed by atoms with E-state index < -0.39 is 6.10 Å². The molecule has 3 aliphatic heterocycles. The molecular formula is C24H28N2O4. The standard InChI is InChI=1S/C24H28N2O4/c27-23-18-13-22-21(29-14-30-22)12-16(18)11-19(23)25-17-6-8-26(9-7-17)20-5-1-3-15-4-2-10-28-24(15)20/h1,3,5,12-13,17,19,23,25,27H,2,4,6-11,14H2/t19-,23-/m1/s1. The van der Waals surface area contributed by atoms with E-state index in [-0.39, 0.29) is 12.8 Å². The van der Waals surface area contributed by atoms with Crippen LogP contribution in [-0.2, 0) is 12.8 Å². The zero-order chi connectivity index (χ0) is 20.1. The van der Waals surface area contributed by atoms with Crippen LogP contribution in [0.1, 0.15) is 42.1 Å². The summed E-state index contributed by atoms with van der Waals surface area (Å²) in [5.41, 5.74) is 4.72. The van der Waals surface area contributed by atoms with Crippen LogP contribution in [0.3, 0.4) is 0 Å². The first-order valence-corrected chi connectivity index (χ1v) is 11.1. The molecule has 1 fully saturated rings. The van der Waals surface area contributed by atoms with Gasteiger partial charge in [0.2, 0.25) is 6.79 Å². The van der Waals surface area contributed by atoms with Gasteiger partial charge in [-0.15, -0.1) is 0 Å². The Labute approximate surface area is 176 Å². The zero-order valence-electron chi connectivity index (χ0n) is 17.1. The summed E-state index contributed by atoms with van der Waals surface area (Å²) < 4.78 is 17.0. The van der Waals surface area contributed by atoms with E-state index in [9.17, 15) is 5.11 Å². The second kappa shape index (κ2) is 7.36. The SMILES string of the molecule is O[C@@H]1c2cc3c(cc2C[C@H]1NC1CCN(c2cccc4c2OCCC4)CC1)OCO3. The minimum absolute atomic E-state index is 0.0481. The lowest BCUT2D eigenvalue weighted by Gasteiger charge is -2.37. The molecule has 6 heteroatoms. The van der Waals surface area contributed by atoms with Crippen LogP contribution >= 0.6 is 0 Å². The summed E-state index contributed by atoms with van der Waals surface area (Å²) in [5.74, 6) is 2.63. The Kier molecular flexibility index (Phi) is 4.50. The van der Waals surface area contributed by atoms with Gasteiger partial charge in [0, 0.05) is 25.2 Å². The third-order valence-corrected chi connectivity index (χ3v) is 6.97. The maximum Gasteiger partial charge on any atom is 0.231 e. The summed E-state index contributed by atoms with van der Waals surface area (Å²) in [6, 6.07) is 11.0. The van der Waals surface area contributed by atoms with E-state index in [4.69, 9.17) is 14.2 Å². The van der Waals surface area contributed by atoms with Crippen molar-refractivity contribution in [2.75, 3.05) is 31.4 Å². The molecule has 0 aromatic heterocycles. The molecule has 2 aromatic carbocycles. The highest BCUT2D eigenvalue weighted by atomic mass is 16.7. The van der Waals surface area contributed by atoms with Crippen LogP contribution < -0.4 is 24.4 Å². The van der Waals surface area contributed by atoms with Crippen LogP contribution in [0.15, 0.2) is 30.3 Å². The van der Waals surface area contributed by atoms with E-state index in [1.165, 1.54) is 11.3 Å². The Morgan fingerprint density at radius 1 is 1.00 bits per heavy atom. The number of hydrogen-bond acceptors (Lipinski definition) is 6. The van der Waals surface area contributed by atoms with Crippen molar-refractivity contribution >= 4 is 5.69 Å². The number of anilines is 1. The van der Waals surface area contributed by atoms with Gasteiger partial charge in [-0.25, -0.2) is 0 Å². The smallest absolute Gasteiger partial charge is 0.231 e. The molecule has 4 aliphatic rings. The summed E-state index contributed by atoms with van der Waals surface area (Å²) in [7, 11) is 0. The fraction of sp³-hybridized carbons (Fsp3) is 0.500. The van der Waals surface area contributed by atoms with Crippen LogP contribution in [0, 0.1) is 0 Å². The van der Waals surface area contributed by atoms with Crippen LogP contribution in [0.4, 0.5) is 5.69 Å². The highest BCUT2D eigenvalue weighted by Crippen LogP contribution is 2.42. The van der Waals surface area contributed by atoms with Gasteiger partial charge in [-0.2, -0.15) is 0 Å². The molecule has 1 saturated heterocycles. The third-order valence-electron chi connectivity index (χ3n) is 6.97. The van der Waals surface area contributed by atoms with Gasteiger partial charge in [-0.05, 0) is 67.0 Å². The van der Waals surface area contributed by atoms with Crippen LogP contribution in [0.25, 0.3) is 0 Å². The monoisotopic (exact) mass is 408 g/mol. The number of benzene rings is 2. The quantitative estimate of drug-likeness (QED) is 0.814. The number of piperidine rings is 1. The normalized spacial score (nSPS) is 25.0. The van der Waals surface area contributed by atoms with Gasteiger partial charge in [-0.3, -0.25) is 0 Å². The number of ether oxygens (including phenoxy) is 3. The molecule has 2 N–H and O–H groups in total. The van der Waals surface area contributed by atoms with Crippen molar-refractivity contribution in [1.82, 2.24) is 5.32 Å². The van der Waals surface area contributed by atoms with Gasteiger partial charge in [0.05, 0.1) is 18.4 Å². The van der Waals surface area contributed by atoms with Crippen molar-refractivity contribution < 1.29 is 19.3 Å². The van der Waals surface area contributed by atoms with E-state index in [1.54, 1.807) is 0 Å². The maximum absolute atomic E-state index is 10.9. The number of aliphatic hydroxyl groups is 1. The van der Waals surface area contributed by atoms with Crippen LogP contribution in [0.5, 0.6) is 17.2 Å². The van der Waals surface area contributed by atoms with Crippen molar-refractivity contribution in [2.45, 2.75) is 50.3 Å². The van der Waals surface area contributed by atoms with Crippen molar-refractivity contribution in [1.29, 1.82) is 0 Å². The Morgan fingerprint density at radius 2 is 1.83 bits per heavy atom. The molecule has 6 nitrogen and oxygen atoms in total. The van der Waals surface area contributed by atoms with E-state index in [1.807, 2.05) is 12.1 Å². The number of fused-ring (bicyclic) bond motifs is 3. The number of nitrogens with one attached hydrogen (secondary N) is 1. The van der Waals surface area contributed by atoms with E-state index in [0.29, 0.717) is 6.04 Å². The Morgan fingerprint density at radius 3 is 2.70 bits per heavy atom. The number of hydrogen-bond donors (Lipinski definition) is 2. The molecule has 2 atom stereocenters. The minimum atomic E-state index is -0.498. The average molecular weight is 408 g/mol. The first-order chi connectivity index (χ1) is 14.8. The van der Waals surface area contributed by atoms with E-state index in [2.05, 4.69) is 28.4 Å². The summed E-state index contributed by atoms with van der Waals surface area (Å²) in [5, 5.41) is 14.6. The summed E-state index contributed by atoms with van der Waals surface area (Å²) in [6.07, 6.45) is 4.67. The van der Waals surface area contributed by atoms with Gasteiger partial charge >= 0.3 is 0 Å². The molecule has 0 saturated carbocycles. The Hall–Kier alpha value is -2.44. The molecule has 2 aromatic rings. The van der Waals surface area contributed by atoms with E-state index >= 15 is 0 Å². The number of rotatable bonds is 3. The number of para-hydroxylation sites is 1. The number of nitrogens with zero attached hydrogens (tertiary/aromatic N) is 1. The van der Waals surface area contributed by atoms with Crippen molar-refractivity contribution in [3.8, 4) is 17.2 Å². The second-order valence-corrected chi connectivity index (χ2v) is 8.81.